The Kier molecular flexibility index (Phi) is 4.12. The van der Waals surface area contributed by atoms with E-state index < -0.39 is 6.01 Å². The van der Waals surface area contributed by atoms with Crippen molar-refractivity contribution in [1.82, 2.24) is 4.98 Å². The van der Waals surface area contributed by atoms with Gasteiger partial charge in [0.1, 0.15) is 12.2 Å². The van der Waals surface area contributed by atoms with E-state index in [-0.39, 0.29) is 13.0 Å². The van der Waals surface area contributed by atoms with Crippen LogP contribution in [-0.4, -0.2) is 4.98 Å². The maximum absolute atomic E-state index is 13.4. The van der Waals surface area contributed by atoms with Crippen LogP contribution >= 0.6 is 11.6 Å². The van der Waals surface area contributed by atoms with E-state index in [1.165, 1.54) is 6.07 Å². The molecule has 1 unspecified atom stereocenters. The highest BCUT2D eigenvalue weighted by molar-refractivity contribution is 6.35. The molecular formula is C20H17ClFNO2. The minimum atomic E-state index is -0.675. The summed E-state index contributed by atoms with van der Waals surface area (Å²) in [5.74, 6) is 0.492. The quantitative estimate of drug-likeness (QED) is 0.560. The van der Waals surface area contributed by atoms with Crippen LogP contribution in [0.2, 0.25) is 5.02 Å². The summed E-state index contributed by atoms with van der Waals surface area (Å²) in [5.41, 5.74) is 3.12. The highest BCUT2D eigenvalue weighted by Crippen LogP contribution is 2.30. The molecule has 3 nitrogen and oxygen atoms in total. The van der Waals surface area contributed by atoms with Crippen LogP contribution in [0.25, 0.3) is 16.5 Å². The molecule has 0 N–H and O–H groups in total. The van der Waals surface area contributed by atoms with Crippen LogP contribution in [0.1, 0.15) is 38.3 Å². The standard InChI is InChI=1S/C20H17ClFNO2/c21-16-10-9-14(20-15(16)11-18(22)25-20)12-24-19-8-4-7-17(23-19)13-5-2-1-3-6-13/h4-5,7-11H,1-3,6,12H2/i1D. The summed E-state index contributed by atoms with van der Waals surface area (Å²) < 4.78 is 32.1. The lowest BCUT2D eigenvalue weighted by molar-refractivity contribution is 0.291. The number of nitrogens with zero attached hydrogens (tertiary/aromatic N) is 1. The number of allylic oxidation sites excluding steroid dienone is 2. The van der Waals surface area contributed by atoms with Gasteiger partial charge < -0.3 is 9.15 Å². The smallest absolute Gasteiger partial charge is 0.278 e. The second kappa shape index (κ2) is 6.89. The van der Waals surface area contributed by atoms with E-state index in [9.17, 15) is 4.39 Å². The van der Waals surface area contributed by atoms with Gasteiger partial charge in [-0.25, -0.2) is 4.98 Å². The Morgan fingerprint density at radius 2 is 2.24 bits per heavy atom. The monoisotopic (exact) mass is 358 g/mol. The molecule has 0 saturated heterocycles. The number of ether oxygens (including phenoxy) is 1. The highest BCUT2D eigenvalue weighted by Gasteiger charge is 2.13. The maximum atomic E-state index is 13.4. The Morgan fingerprint density at radius 1 is 1.32 bits per heavy atom. The predicted molar refractivity (Wildman–Crippen MR) is 96.2 cm³/mol. The van der Waals surface area contributed by atoms with Gasteiger partial charge in [-0.3, -0.25) is 0 Å². The Morgan fingerprint density at radius 3 is 3.08 bits per heavy atom. The second-order valence-electron chi connectivity index (χ2n) is 5.94. The molecular weight excluding hydrogens is 341 g/mol. The average molecular weight is 359 g/mol. The minimum absolute atomic E-state index is 0.0146. The van der Waals surface area contributed by atoms with E-state index in [2.05, 4.69) is 11.1 Å². The lowest BCUT2D eigenvalue weighted by Crippen LogP contribution is -2.00. The van der Waals surface area contributed by atoms with Gasteiger partial charge in [-0.15, -0.1) is 0 Å². The molecule has 0 spiro atoms. The summed E-state index contributed by atoms with van der Waals surface area (Å²) in [5, 5.41) is 0.970. The normalized spacial score (nSPS) is 18.1. The first kappa shape index (κ1) is 15.0. The summed E-state index contributed by atoms with van der Waals surface area (Å²) in [7, 11) is 0. The SMILES string of the molecule is [2H]C1CC=C(c2cccc(OCc3ccc(Cl)c4cc(F)oc34)n2)CC1. The molecule has 0 bridgehead atoms. The van der Waals surface area contributed by atoms with Crippen molar-refractivity contribution in [3.05, 3.63) is 64.8 Å². The molecule has 4 rings (SSSR count). The Hall–Kier alpha value is -2.33. The fourth-order valence-corrected chi connectivity index (χ4v) is 3.19. The van der Waals surface area contributed by atoms with Gasteiger partial charge in [-0.1, -0.05) is 29.8 Å². The number of aromatic nitrogens is 1. The van der Waals surface area contributed by atoms with Crippen LogP contribution in [-0.2, 0) is 6.61 Å². The first-order chi connectivity index (χ1) is 12.6. The first-order valence-corrected chi connectivity index (χ1v) is 8.56. The Balaban J connectivity index is 1.54. The molecule has 2 aromatic heterocycles. The number of fused-ring (bicyclic) bond motifs is 1. The third-order valence-corrected chi connectivity index (χ3v) is 4.59. The molecule has 3 aromatic rings. The molecule has 2 heterocycles. The van der Waals surface area contributed by atoms with Gasteiger partial charge in [-0.2, -0.15) is 4.39 Å². The van der Waals surface area contributed by atoms with Gasteiger partial charge in [0.15, 0.2) is 0 Å². The van der Waals surface area contributed by atoms with E-state index in [4.69, 9.17) is 22.1 Å². The number of hydrogen-bond acceptors (Lipinski definition) is 3. The molecule has 1 aromatic carbocycles. The third-order valence-electron chi connectivity index (χ3n) is 4.26. The van der Waals surface area contributed by atoms with E-state index in [1.54, 1.807) is 18.2 Å². The van der Waals surface area contributed by atoms with Crippen LogP contribution < -0.4 is 4.74 Å². The van der Waals surface area contributed by atoms with E-state index >= 15 is 0 Å². The zero-order chi connectivity index (χ0) is 18.1. The lowest BCUT2D eigenvalue weighted by Gasteiger charge is -2.13. The topological polar surface area (TPSA) is 35.3 Å². The molecule has 0 amide bonds. The van der Waals surface area contributed by atoms with Gasteiger partial charge in [0, 0.05) is 24.5 Å². The van der Waals surface area contributed by atoms with Crippen LogP contribution in [0, 0.1) is 6.01 Å². The zero-order valence-corrected chi connectivity index (χ0v) is 14.2. The van der Waals surface area contributed by atoms with E-state index in [0.717, 1.165) is 30.5 Å². The molecule has 1 aliphatic rings. The maximum Gasteiger partial charge on any atom is 0.278 e. The number of halogens is 2. The fourth-order valence-electron chi connectivity index (χ4n) is 2.99. The number of furan rings is 1. The molecule has 1 aliphatic carbocycles. The fraction of sp³-hybridized carbons (Fsp3) is 0.250. The lowest BCUT2D eigenvalue weighted by atomic mass is 9.97. The second-order valence-corrected chi connectivity index (χ2v) is 6.35. The van der Waals surface area contributed by atoms with Crippen LogP contribution in [0.3, 0.4) is 0 Å². The summed E-state index contributed by atoms with van der Waals surface area (Å²) >= 11 is 6.08. The molecule has 0 aliphatic heterocycles. The molecule has 25 heavy (non-hydrogen) atoms. The number of benzene rings is 1. The van der Waals surface area contributed by atoms with Gasteiger partial charge in [0.2, 0.25) is 5.88 Å². The van der Waals surface area contributed by atoms with Gasteiger partial charge in [0.05, 0.1) is 10.7 Å². The van der Waals surface area contributed by atoms with Crippen molar-refractivity contribution in [1.29, 1.82) is 0 Å². The van der Waals surface area contributed by atoms with Crippen LogP contribution in [0.5, 0.6) is 5.88 Å². The molecule has 1 atom stereocenters. The number of rotatable bonds is 4. The van der Waals surface area contributed by atoms with Crippen molar-refractivity contribution in [3.8, 4) is 5.88 Å². The Labute approximate surface area is 151 Å². The Bertz CT molecular complexity index is 985. The summed E-state index contributed by atoms with van der Waals surface area (Å²) in [6.07, 6.45) is 4.54. The summed E-state index contributed by atoms with van der Waals surface area (Å²) in [4.78, 5) is 4.56. The van der Waals surface area contributed by atoms with Crippen molar-refractivity contribution in [2.24, 2.45) is 0 Å². The van der Waals surface area contributed by atoms with Crippen molar-refractivity contribution in [3.63, 3.8) is 0 Å². The zero-order valence-electron chi connectivity index (χ0n) is 14.5. The van der Waals surface area contributed by atoms with E-state index in [0.29, 0.717) is 27.4 Å². The predicted octanol–water partition coefficient (Wildman–Crippen LogP) is 6.16. The molecule has 0 saturated carbocycles. The van der Waals surface area contributed by atoms with Crippen molar-refractivity contribution in [2.45, 2.75) is 32.3 Å². The van der Waals surface area contributed by atoms with Crippen LogP contribution in [0.15, 0.2) is 46.9 Å². The van der Waals surface area contributed by atoms with Crippen molar-refractivity contribution < 1.29 is 14.9 Å². The molecule has 5 heteroatoms. The summed E-state index contributed by atoms with van der Waals surface area (Å²) in [6.45, 7) is 0.199. The molecule has 128 valence electrons. The van der Waals surface area contributed by atoms with Crippen molar-refractivity contribution >= 4 is 28.1 Å². The number of pyridine rings is 1. The summed E-state index contributed by atoms with van der Waals surface area (Å²) in [6, 6.07) is 9.69. The largest absolute Gasteiger partial charge is 0.473 e. The van der Waals surface area contributed by atoms with Gasteiger partial charge >= 0.3 is 0 Å². The average Bonchev–Trinajstić information content (AvgIpc) is 3.05. The highest BCUT2D eigenvalue weighted by atomic mass is 35.5. The van der Waals surface area contributed by atoms with Crippen molar-refractivity contribution in [2.75, 3.05) is 0 Å². The molecule has 0 radical (unpaired) electrons. The third kappa shape index (κ3) is 3.40. The van der Waals surface area contributed by atoms with Gasteiger partial charge in [0.25, 0.3) is 6.01 Å². The number of hydrogen-bond donors (Lipinski definition) is 0. The van der Waals surface area contributed by atoms with Crippen LogP contribution in [0.4, 0.5) is 4.39 Å². The minimum Gasteiger partial charge on any atom is -0.473 e. The van der Waals surface area contributed by atoms with Gasteiger partial charge in [-0.05, 0) is 43.4 Å². The first-order valence-electron chi connectivity index (χ1n) is 8.76. The molecule has 0 fully saturated rings. The van der Waals surface area contributed by atoms with E-state index in [1.807, 2.05) is 12.1 Å².